The lowest BCUT2D eigenvalue weighted by Crippen LogP contribution is -2.49. The molecule has 0 radical (unpaired) electrons. The van der Waals surface area contributed by atoms with E-state index in [1.54, 1.807) is 6.92 Å². The highest BCUT2D eigenvalue weighted by Crippen LogP contribution is 2.79. The van der Waals surface area contributed by atoms with Gasteiger partial charge in [-0.15, -0.1) is 0 Å². The van der Waals surface area contributed by atoms with Crippen LogP contribution in [0.5, 0.6) is 0 Å². The van der Waals surface area contributed by atoms with Gasteiger partial charge in [-0.2, -0.15) is 0 Å². The van der Waals surface area contributed by atoms with Crippen LogP contribution in [0.2, 0.25) is 0 Å². The number of fused-ring (bicyclic) bond motifs is 45. The molecule has 30 nitrogen and oxygen atoms in total. The molecule has 3 aliphatic heterocycles. The average Bonchev–Trinajstić information content (AvgIpc) is 1.54. The number of carbonyl (C=O) groups is 13. The third-order valence-electron chi connectivity index (χ3n) is 44.9. The van der Waals surface area contributed by atoms with E-state index in [-0.39, 0.29) is 177 Å². The first-order chi connectivity index (χ1) is 69.8. The summed E-state index contributed by atoms with van der Waals surface area (Å²) in [6.07, 6.45) is 8.25. The van der Waals surface area contributed by atoms with Gasteiger partial charge < -0.3 is 81.9 Å². The van der Waals surface area contributed by atoms with E-state index in [0.29, 0.717) is 197 Å². The Morgan fingerprint density at radius 2 is 0.696 bits per heavy atom. The average molecular weight is 2070 g/mol. The van der Waals surface area contributed by atoms with Crippen LogP contribution in [0.1, 0.15) is 243 Å². The van der Waals surface area contributed by atoms with Crippen molar-refractivity contribution in [1.29, 1.82) is 0 Å². The Labute approximate surface area is 875 Å². The monoisotopic (exact) mass is 2070 g/mol. The molecular formula is C118H173NO29. The molecule has 0 aromatic rings. The molecule has 148 heavy (non-hydrogen) atoms. The summed E-state index contributed by atoms with van der Waals surface area (Å²) in [4.78, 5) is 168. The maximum absolute atomic E-state index is 13.6. The topological polar surface area (TPSA) is 407 Å². The minimum atomic E-state index is -0.914. The van der Waals surface area contributed by atoms with E-state index in [1.807, 2.05) is 90.0 Å². The smallest absolute Gasteiger partial charge is 0.348 e. The normalized spacial score (nSPS) is 47.4. The van der Waals surface area contributed by atoms with Crippen molar-refractivity contribution in [2.45, 2.75) is 285 Å². The van der Waals surface area contributed by atoms with Crippen LogP contribution in [0.4, 0.5) is 0 Å². The molecule has 54 unspecified atom stereocenters. The Kier molecular flexibility index (Phi) is 30.0. The molecule has 54 atom stereocenters. The maximum Gasteiger partial charge on any atom is 0.348 e. The van der Waals surface area contributed by atoms with E-state index in [1.165, 1.54) is 32.1 Å². The zero-order chi connectivity index (χ0) is 107. The van der Waals surface area contributed by atoms with Gasteiger partial charge in [0.25, 0.3) is 0 Å². The number of hydrogen-bond donors (Lipinski definition) is 2. The highest BCUT2D eigenvalue weighted by molar-refractivity contribution is 5.90. The molecule has 0 amide bonds. The number of aliphatic hydroxyl groups is 1. The summed E-state index contributed by atoms with van der Waals surface area (Å²) in [5.41, 5.74) is 3.27. The second-order valence-corrected chi connectivity index (χ2v) is 54.7. The number of aliphatic hydroxyl groups excluding tert-OH is 1. The molecule has 0 aromatic heterocycles. The summed E-state index contributed by atoms with van der Waals surface area (Å²) in [5, 5.41) is 9.05. The molecule has 23 rings (SSSR count). The number of cyclic esters (lactones) is 3. The quantitative estimate of drug-likeness (QED) is 0.0240. The fraction of sp³-hybridized carbons (Fsp3) is 0.873. The van der Waals surface area contributed by atoms with Crippen LogP contribution in [0.15, 0.2) is 12.3 Å². The molecule has 3 N–H and O–H groups in total. The van der Waals surface area contributed by atoms with E-state index in [2.05, 4.69) is 75.8 Å². The predicted octanol–water partition coefficient (Wildman–Crippen LogP) is 15.4. The Morgan fingerprint density at radius 1 is 0.392 bits per heavy atom. The zero-order valence-corrected chi connectivity index (χ0v) is 92.2. The SMILES string of the molecule is C=C(CN)OC(=O)C1C2CC(C1C(=O)OC(C)(C)C)C1C3CC(C(C)C3C)C21.CC1C(C)C2CC1C1C3CC(C(C(=O)OC(C)(C)C)C3C(=O)OC3C(=O)OCC3(C)C)C21.CC1C(C)C2CC1C1C3CC(C(C(=O)OC(C)(C)C)C3C(=O)OCCO)C21.CCOC(C)OC(=O)C1C2CC(C1C(=O)OC1COC(=O)C1)C1C3CC(C(C)C3C)C21.CCOCOC(=O)C1C2CC(C1C(=O)OC1CCOC1=O)C1C3CC(C(C)C3C)C21. The largest absolute Gasteiger partial charge is 0.463 e. The molecule has 30 heteroatoms. The minimum absolute atomic E-state index is 0.00133. The molecule has 23 aliphatic rings. The third kappa shape index (κ3) is 18.5. The van der Waals surface area contributed by atoms with Gasteiger partial charge in [-0.05, 0) is 384 Å². The van der Waals surface area contributed by atoms with Gasteiger partial charge in [0.2, 0.25) is 12.2 Å². The van der Waals surface area contributed by atoms with Crippen molar-refractivity contribution in [3.8, 4) is 0 Å². The fourth-order valence-electron chi connectivity index (χ4n) is 39.6. The number of nitrogens with two attached hydrogens (primary N) is 1. The molecule has 824 valence electrons. The maximum atomic E-state index is 13.6. The zero-order valence-electron chi connectivity index (χ0n) is 92.2. The molecule has 3 heterocycles. The molecular weight excluding hydrogens is 1900 g/mol. The Balaban J connectivity index is 0.000000117. The molecule has 23 fully saturated rings. The predicted molar refractivity (Wildman–Crippen MR) is 533 cm³/mol. The van der Waals surface area contributed by atoms with Gasteiger partial charge in [0, 0.05) is 25.0 Å². The van der Waals surface area contributed by atoms with Crippen LogP contribution in [-0.2, 0) is 133 Å². The van der Waals surface area contributed by atoms with Gasteiger partial charge in [-0.25, -0.2) is 9.59 Å². The first-order valence-electron chi connectivity index (χ1n) is 57.5. The number of carbonyl (C=O) groups excluding carboxylic acids is 13. The number of rotatable bonds is 23. The second kappa shape index (κ2) is 40.8. The van der Waals surface area contributed by atoms with Gasteiger partial charge in [-0.3, -0.25) is 52.7 Å². The Hall–Kier alpha value is -7.31. The first kappa shape index (κ1) is 109. The third-order valence-corrected chi connectivity index (χ3v) is 44.9. The summed E-state index contributed by atoms with van der Waals surface area (Å²) >= 11 is 0. The van der Waals surface area contributed by atoms with Crippen LogP contribution in [-0.4, -0.2) is 184 Å². The number of hydrogen-bond acceptors (Lipinski definition) is 30. The van der Waals surface area contributed by atoms with Crippen molar-refractivity contribution in [3.63, 3.8) is 0 Å². The molecule has 20 aliphatic carbocycles. The lowest BCUT2D eigenvalue weighted by Gasteiger charge is -2.45. The van der Waals surface area contributed by atoms with Crippen molar-refractivity contribution in [3.05, 3.63) is 12.3 Å². The lowest BCUT2D eigenvalue weighted by atomic mass is 9.59. The Bertz CT molecular complexity index is 5080. The lowest BCUT2D eigenvalue weighted by molar-refractivity contribution is -0.189. The summed E-state index contributed by atoms with van der Waals surface area (Å²) < 4.78 is 82.0. The van der Waals surface area contributed by atoms with Gasteiger partial charge in [0.15, 0.2) is 13.1 Å². The van der Waals surface area contributed by atoms with Gasteiger partial charge in [0.05, 0.1) is 85.4 Å². The first-order valence-corrected chi connectivity index (χ1v) is 57.5. The van der Waals surface area contributed by atoms with E-state index >= 15 is 0 Å². The standard InChI is InChI=1S/C26H38O6.C24H34O7.C23H35NO4.C23H32O7.C22H34O5/c1-11-12(2)14-8-13(11)17-15-9-16(18(14)17)20(23(28)32-25(3,4)5)19(15)22(27)31-21-24(29)30-10-26(21,6)7;1-5-28-12(4)30-23(26)21-16-8-17(20-15-7-14(19(16)20)10(2)11(15)3)22(21)24(27)31-13-6-18(25)29-9-13;1-10(9-24)27-21(25)19-15-8-16(20(19)22(26)28-23(4,5)6)18-14-7-13(17(15)18)11(2)12(14)3;1-4-27-9-29-22(25)19-14-8-15(18-13-7-12(17(14)18)10(2)11(13)3)20(19)23(26)30-16-5-6-28-21(16)24;1-10-11(2)13-8-12(10)16-14-9-15(17(13)16)19(21(25)27-22(3,4)5)18(14)20(24)26-7-6-23/h11-21H,8-10H2,1-7H3;10-17,19-22H,5-9H2,1-4H3;11-20H,1,7-9,24H2,2-6H3;10-20H,4-9H2,1-3H3;10-19,23H,6-9H2,1-5H3. The van der Waals surface area contributed by atoms with Crippen LogP contribution in [0, 0.1) is 301 Å². The molecule has 3 saturated heterocycles. The van der Waals surface area contributed by atoms with Crippen molar-refractivity contribution in [2.24, 2.45) is 307 Å². The van der Waals surface area contributed by atoms with E-state index in [9.17, 15) is 62.3 Å². The van der Waals surface area contributed by atoms with Crippen LogP contribution >= 0.6 is 0 Å². The molecule has 20 saturated carbocycles. The van der Waals surface area contributed by atoms with Crippen molar-refractivity contribution < 1.29 is 138 Å². The van der Waals surface area contributed by atoms with E-state index < -0.39 is 124 Å². The van der Waals surface area contributed by atoms with Crippen molar-refractivity contribution >= 4 is 77.6 Å². The van der Waals surface area contributed by atoms with Gasteiger partial charge in [0.1, 0.15) is 48.5 Å². The molecule has 0 aromatic carbocycles. The van der Waals surface area contributed by atoms with Crippen molar-refractivity contribution in [2.75, 3.05) is 59.6 Å². The highest BCUT2D eigenvalue weighted by Gasteiger charge is 2.79. The summed E-state index contributed by atoms with van der Waals surface area (Å²) in [7, 11) is 0. The van der Waals surface area contributed by atoms with E-state index in [0.717, 1.165) is 32.1 Å². The summed E-state index contributed by atoms with van der Waals surface area (Å²) in [6, 6.07) is 0. The number of esters is 13. The van der Waals surface area contributed by atoms with Crippen molar-refractivity contribution in [1.82, 2.24) is 0 Å². The van der Waals surface area contributed by atoms with E-state index in [4.69, 9.17) is 81.9 Å². The number of ether oxygens (including phenoxy) is 15. The highest BCUT2D eigenvalue weighted by atomic mass is 16.7. The minimum Gasteiger partial charge on any atom is -0.463 e. The molecule has 20 bridgehead atoms. The Morgan fingerprint density at radius 3 is 0.980 bits per heavy atom. The van der Waals surface area contributed by atoms with Gasteiger partial charge >= 0.3 is 77.6 Å². The summed E-state index contributed by atoms with van der Waals surface area (Å²) in [6.45, 7) is 54.7. The summed E-state index contributed by atoms with van der Waals surface area (Å²) in [5.74, 6) is 11.4. The molecule has 0 spiro atoms. The van der Waals surface area contributed by atoms with Gasteiger partial charge in [-0.1, -0.05) is 89.7 Å². The van der Waals surface area contributed by atoms with Crippen LogP contribution in [0.3, 0.4) is 0 Å². The fourth-order valence-corrected chi connectivity index (χ4v) is 39.6. The second-order valence-electron chi connectivity index (χ2n) is 54.7. The van der Waals surface area contributed by atoms with Crippen LogP contribution < -0.4 is 5.73 Å². The van der Waals surface area contributed by atoms with Crippen LogP contribution in [0.25, 0.3) is 0 Å².